The van der Waals surface area contributed by atoms with Crippen LogP contribution in [-0.2, 0) is 9.47 Å². The zero-order valence-electron chi connectivity index (χ0n) is 23.4. The van der Waals surface area contributed by atoms with Crippen LogP contribution in [0.25, 0.3) is 0 Å². The van der Waals surface area contributed by atoms with Crippen LogP contribution in [0.15, 0.2) is 25.3 Å². The van der Waals surface area contributed by atoms with E-state index in [-0.39, 0.29) is 21.7 Å². The molecule has 6 nitrogen and oxygen atoms in total. The fourth-order valence-electron chi connectivity index (χ4n) is 10.9. The first-order chi connectivity index (χ1) is 17.3. The van der Waals surface area contributed by atoms with Gasteiger partial charge in [-0.2, -0.15) is 0 Å². The molecule has 0 aromatic rings. The van der Waals surface area contributed by atoms with Crippen molar-refractivity contribution >= 4 is 0 Å². The van der Waals surface area contributed by atoms with E-state index in [1.807, 2.05) is 0 Å². The van der Waals surface area contributed by atoms with Gasteiger partial charge >= 0.3 is 0 Å². The first-order valence-corrected chi connectivity index (χ1v) is 14.6. The Balaban J connectivity index is 1.56. The molecule has 0 aromatic carbocycles. The summed E-state index contributed by atoms with van der Waals surface area (Å²) in [7, 11) is 0. The average Bonchev–Trinajstić information content (AvgIpc) is 3.04. The number of nitrogens with zero attached hydrogens (tertiary/aromatic N) is 4. The van der Waals surface area contributed by atoms with E-state index in [1.54, 1.807) is 0 Å². The first kappa shape index (κ1) is 25.5. The van der Waals surface area contributed by atoms with Crippen LogP contribution in [0.3, 0.4) is 0 Å². The summed E-state index contributed by atoms with van der Waals surface area (Å²) in [5.74, 6) is 0. The van der Waals surface area contributed by atoms with E-state index in [0.717, 1.165) is 65.7 Å². The molecular weight excluding hydrogens is 448 g/mol. The Morgan fingerprint density at radius 2 is 1.00 bits per heavy atom. The quantitative estimate of drug-likeness (QED) is 0.479. The second kappa shape index (κ2) is 8.89. The average molecular weight is 499 g/mol. The topological polar surface area (TPSA) is 31.4 Å². The lowest BCUT2D eigenvalue weighted by atomic mass is 9.35. The number of hydrogen-bond donors (Lipinski definition) is 0. The maximum Gasteiger partial charge on any atom is 0.0594 e. The van der Waals surface area contributed by atoms with Crippen molar-refractivity contribution < 1.29 is 9.47 Å². The van der Waals surface area contributed by atoms with Crippen molar-refractivity contribution in [3.05, 3.63) is 25.3 Å². The Morgan fingerprint density at radius 1 is 0.639 bits per heavy atom. The van der Waals surface area contributed by atoms with Crippen LogP contribution in [0.2, 0.25) is 0 Å². The summed E-state index contributed by atoms with van der Waals surface area (Å²) in [4.78, 5) is 11.4. The molecule has 4 aliphatic heterocycles. The maximum absolute atomic E-state index is 5.83. The van der Waals surface area contributed by atoms with Crippen molar-refractivity contribution in [1.82, 2.24) is 19.6 Å². The van der Waals surface area contributed by atoms with Crippen molar-refractivity contribution in [2.45, 2.75) is 64.7 Å². The van der Waals surface area contributed by atoms with E-state index >= 15 is 0 Å². The van der Waals surface area contributed by atoms with Gasteiger partial charge in [-0.15, -0.1) is 13.2 Å². The molecule has 4 bridgehead atoms. The van der Waals surface area contributed by atoms with Crippen molar-refractivity contribution in [2.75, 3.05) is 78.8 Å². The van der Waals surface area contributed by atoms with Gasteiger partial charge in [-0.05, 0) is 23.7 Å². The molecule has 6 aliphatic rings. The minimum absolute atomic E-state index is 0.197. The number of hydrogen-bond acceptors (Lipinski definition) is 6. The van der Waals surface area contributed by atoms with Gasteiger partial charge in [0.25, 0.3) is 0 Å². The highest BCUT2D eigenvalue weighted by molar-refractivity contribution is 5.37. The smallest absolute Gasteiger partial charge is 0.0594 e. The summed E-state index contributed by atoms with van der Waals surface area (Å²) in [6.07, 6.45) is 6.88. The standard InChI is InChI=1S/C30H50N4O2/c1-7-9-33-23-19-26-30(22-32-13-17-36-18-14-32)28(5,6)24(34(26)10-8-2)20-25(33)29(30,27(23,3)4)21-31-11-15-35-16-12-31/h7-8,23-26H,1-2,9-22H2,3-6H3/t23-,24-,25+,26+,29-,30+/m1/s1. The lowest BCUT2D eigenvalue weighted by Crippen LogP contribution is -2.75. The number of likely N-dealkylation sites (tertiary alicyclic amines) is 2. The van der Waals surface area contributed by atoms with E-state index in [1.165, 1.54) is 25.9 Å². The Bertz CT molecular complexity index is 793. The predicted octanol–water partition coefficient (Wildman–Crippen LogP) is 2.96. The van der Waals surface area contributed by atoms with E-state index in [4.69, 9.17) is 9.47 Å². The highest BCUT2D eigenvalue weighted by atomic mass is 16.5. The molecule has 36 heavy (non-hydrogen) atoms. The second-order valence-corrected chi connectivity index (χ2v) is 13.7. The predicted molar refractivity (Wildman–Crippen MR) is 145 cm³/mol. The van der Waals surface area contributed by atoms with Gasteiger partial charge in [0.05, 0.1) is 26.4 Å². The van der Waals surface area contributed by atoms with Crippen molar-refractivity contribution in [3.8, 4) is 0 Å². The Morgan fingerprint density at radius 3 is 1.33 bits per heavy atom. The molecule has 6 atom stereocenters. The monoisotopic (exact) mass is 498 g/mol. The molecule has 4 heterocycles. The molecule has 0 aromatic heterocycles. The molecule has 6 heteroatoms. The minimum Gasteiger partial charge on any atom is -0.379 e. The number of fused-ring (bicyclic) bond motifs is 2. The van der Waals surface area contributed by atoms with Crippen molar-refractivity contribution in [1.29, 1.82) is 0 Å². The van der Waals surface area contributed by atoms with Crippen LogP contribution in [0.1, 0.15) is 40.5 Å². The molecule has 0 radical (unpaired) electrons. The lowest BCUT2D eigenvalue weighted by molar-refractivity contribution is -0.201. The number of morpholine rings is 2. The highest BCUT2D eigenvalue weighted by Crippen LogP contribution is 2.80. The van der Waals surface area contributed by atoms with Crippen molar-refractivity contribution in [3.63, 3.8) is 0 Å². The first-order valence-electron chi connectivity index (χ1n) is 14.6. The largest absolute Gasteiger partial charge is 0.379 e. The number of rotatable bonds is 8. The molecule has 202 valence electrons. The van der Waals surface area contributed by atoms with E-state index in [2.05, 4.69) is 72.6 Å². The molecule has 0 unspecified atom stereocenters. The summed E-state index contributed by atoms with van der Waals surface area (Å²) in [6.45, 7) is 31.2. The fraction of sp³-hybridized carbons (Fsp3) is 0.867. The molecule has 0 amide bonds. The van der Waals surface area contributed by atoms with Gasteiger partial charge in [0, 0.05) is 87.4 Å². The van der Waals surface area contributed by atoms with Gasteiger partial charge in [-0.25, -0.2) is 0 Å². The van der Waals surface area contributed by atoms with Crippen LogP contribution in [0.5, 0.6) is 0 Å². The minimum atomic E-state index is 0.197. The third kappa shape index (κ3) is 3.06. The van der Waals surface area contributed by atoms with E-state index in [9.17, 15) is 0 Å². The highest BCUT2D eigenvalue weighted by Gasteiger charge is 2.85. The molecule has 2 aliphatic carbocycles. The summed E-state index contributed by atoms with van der Waals surface area (Å²) in [5, 5.41) is 0. The summed E-state index contributed by atoms with van der Waals surface area (Å²) in [6, 6.07) is 2.34. The summed E-state index contributed by atoms with van der Waals surface area (Å²) < 4.78 is 11.7. The molecular formula is C30H50N4O2. The van der Waals surface area contributed by atoms with Gasteiger partial charge < -0.3 is 9.47 Å². The van der Waals surface area contributed by atoms with Gasteiger partial charge in [0.15, 0.2) is 0 Å². The Hall–Kier alpha value is -0.760. The Labute approximate surface area is 219 Å². The normalized spacial score (nSPS) is 44.2. The number of ether oxygens (including phenoxy) is 2. The van der Waals surface area contributed by atoms with E-state index in [0.29, 0.717) is 24.2 Å². The maximum atomic E-state index is 5.83. The second-order valence-electron chi connectivity index (χ2n) is 13.7. The van der Waals surface area contributed by atoms with E-state index < -0.39 is 0 Å². The zero-order valence-corrected chi connectivity index (χ0v) is 23.4. The van der Waals surface area contributed by atoms with Crippen LogP contribution in [0, 0.1) is 21.7 Å². The molecule has 6 rings (SSSR count). The molecule has 0 spiro atoms. The Kier molecular flexibility index (Phi) is 6.30. The fourth-order valence-corrected chi connectivity index (χ4v) is 10.9. The molecule has 2 saturated carbocycles. The third-order valence-electron chi connectivity index (χ3n) is 12.2. The summed E-state index contributed by atoms with van der Waals surface area (Å²) >= 11 is 0. The zero-order chi connectivity index (χ0) is 25.3. The molecule has 6 fully saturated rings. The van der Waals surface area contributed by atoms with Crippen LogP contribution in [-0.4, -0.2) is 123 Å². The van der Waals surface area contributed by atoms with Gasteiger partial charge in [-0.1, -0.05) is 39.8 Å². The van der Waals surface area contributed by atoms with Crippen LogP contribution in [0.4, 0.5) is 0 Å². The molecule has 0 N–H and O–H groups in total. The van der Waals surface area contributed by atoms with Crippen molar-refractivity contribution in [2.24, 2.45) is 21.7 Å². The summed E-state index contributed by atoms with van der Waals surface area (Å²) in [5.41, 5.74) is 0.826. The van der Waals surface area contributed by atoms with Gasteiger partial charge in [0.1, 0.15) is 0 Å². The van der Waals surface area contributed by atoms with Gasteiger partial charge in [-0.3, -0.25) is 19.6 Å². The SMILES string of the molecule is C=CCN1[C@H]2C[C@H]3N(CC=C)[C@H]4C[C@@H]1C(C)(C)[C@@]2(CN1CCOCC1)[C@@]4(CN1CCOCC1)C3(C)C. The van der Waals surface area contributed by atoms with Gasteiger partial charge in [0.2, 0.25) is 0 Å². The van der Waals surface area contributed by atoms with Crippen LogP contribution < -0.4 is 0 Å². The lowest BCUT2D eigenvalue weighted by Gasteiger charge is -2.69. The third-order valence-corrected chi connectivity index (χ3v) is 12.2. The van der Waals surface area contributed by atoms with Crippen LogP contribution >= 0.6 is 0 Å². The molecule has 4 saturated heterocycles.